The van der Waals surface area contributed by atoms with Crippen molar-refractivity contribution in [1.82, 2.24) is 0 Å². The first-order valence-corrected chi connectivity index (χ1v) is 10.3. The molecule has 0 saturated heterocycles. The normalized spacial score (nSPS) is 8.97. The number of aromatic carboxylic acids is 2. The number of esters is 2. The van der Waals surface area contributed by atoms with Crippen molar-refractivity contribution in [2.24, 2.45) is 0 Å². The predicted molar refractivity (Wildman–Crippen MR) is 135 cm³/mol. The Hall–Kier alpha value is -3.48. The molecule has 1 heterocycles. The number of ether oxygens (including phenoxy) is 1. The van der Waals surface area contributed by atoms with Crippen LogP contribution in [0.25, 0.3) is 0 Å². The molecule has 2 aromatic rings. The zero-order valence-electron chi connectivity index (χ0n) is 19.6. The molecule has 0 atom stereocenters. The summed E-state index contributed by atoms with van der Waals surface area (Å²) in [5.41, 5.74) is 0.338. The van der Waals surface area contributed by atoms with Crippen LogP contribution in [-0.4, -0.2) is 34.1 Å². The summed E-state index contributed by atoms with van der Waals surface area (Å²) in [5, 5.41) is 17.1. The molecule has 0 bridgehead atoms. The molecule has 0 spiro atoms. The maximum atomic E-state index is 10.8. The Kier molecular flexibility index (Phi) is 30.0. The number of hydrogen-bond donors (Lipinski definition) is 2. The first-order chi connectivity index (χ1) is 14.9. The fourth-order valence-corrected chi connectivity index (χ4v) is 1.89. The van der Waals surface area contributed by atoms with Gasteiger partial charge in [-0.2, -0.15) is 0 Å². The smallest absolute Gasteiger partial charge is 0.346 e. The van der Waals surface area contributed by atoms with E-state index in [1.807, 2.05) is 55.4 Å². The molecule has 188 valence electrons. The van der Waals surface area contributed by atoms with Crippen molar-refractivity contribution in [2.75, 3.05) is 0 Å². The van der Waals surface area contributed by atoms with Crippen molar-refractivity contribution in [1.29, 1.82) is 0 Å². The Morgan fingerprint density at radius 2 is 0.818 bits per heavy atom. The highest BCUT2D eigenvalue weighted by atomic mass is 16.6. The maximum absolute atomic E-state index is 10.8. The molecule has 2 N–H and O–H groups in total. The number of fused-ring (bicyclic) bond motifs is 1. The average molecular weight is 467 g/mol. The zero-order chi connectivity index (χ0) is 25.0. The van der Waals surface area contributed by atoms with Gasteiger partial charge >= 0.3 is 23.9 Å². The summed E-state index contributed by atoms with van der Waals surface area (Å²) in [4.78, 5) is 42.6. The zero-order valence-corrected chi connectivity index (χ0v) is 19.6. The molecular formula is C26H42O7. The van der Waals surface area contributed by atoms with Gasteiger partial charge in [0.2, 0.25) is 0 Å². The Bertz CT molecular complexity index is 746. The van der Waals surface area contributed by atoms with Gasteiger partial charge in [0, 0.05) is 0 Å². The van der Waals surface area contributed by atoms with Crippen LogP contribution >= 0.6 is 0 Å². The van der Waals surface area contributed by atoms with Crippen LogP contribution in [0, 0.1) is 0 Å². The van der Waals surface area contributed by atoms with Gasteiger partial charge in [0.1, 0.15) is 0 Å². The van der Waals surface area contributed by atoms with Gasteiger partial charge in [-0.15, -0.1) is 0 Å². The highest BCUT2D eigenvalue weighted by Gasteiger charge is 2.28. The van der Waals surface area contributed by atoms with Gasteiger partial charge < -0.3 is 14.9 Å². The average Bonchev–Trinajstić information content (AvgIpc) is 3.13. The molecule has 0 aromatic heterocycles. The van der Waals surface area contributed by atoms with Crippen LogP contribution in [0.15, 0.2) is 48.5 Å². The lowest BCUT2D eigenvalue weighted by molar-refractivity contribution is 0.0442. The first-order valence-electron chi connectivity index (χ1n) is 10.3. The van der Waals surface area contributed by atoms with E-state index in [1.54, 1.807) is 24.3 Å². The van der Waals surface area contributed by atoms with E-state index in [2.05, 4.69) is 4.74 Å². The lowest BCUT2D eigenvalue weighted by Crippen LogP contribution is -2.06. The Morgan fingerprint density at radius 3 is 1.06 bits per heavy atom. The number of rotatable bonds is 2. The van der Waals surface area contributed by atoms with Gasteiger partial charge in [0.05, 0.1) is 22.3 Å². The van der Waals surface area contributed by atoms with Gasteiger partial charge in [-0.3, -0.25) is 0 Å². The monoisotopic (exact) mass is 466 g/mol. The van der Waals surface area contributed by atoms with Gasteiger partial charge in [0.25, 0.3) is 0 Å². The number of carboxylic acids is 2. The molecule has 3 rings (SSSR count). The number of carboxylic acid groups (broad SMARTS) is 2. The van der Waals surface area contributed by atoms with E-state index in [0.717, 1.165) is 0 Å². The quantitative estimate of drug-likeness (QED) is 0.348. The van der Waals surface area contributed by atoms with E-state index in [4.69, 9.17) is 10.2 Å². The Labute approximate surface area is 199 Å². The second-order valence-corrected chi connectivity index (χ2v) is 4.38. The summed E-state index contributed by atoms with van der Waals surface area (Å²) >= 11 is 0. The molecule has 0 unspecified atom stereocenters. The third kappa shape index (κ3) is 13.5. The fraction of sp³-hybridized carbons (Fsp3) is 0.385. The number of carbonyl (C=O) groups is 4. The Morgan fingerprint density at radius 1 is 0.576 bits per heavy atom. The van der Waals surface area contributed by atoms with Crippen LogP contribution in [0.2, 0.25) is 0 Å². The SMILES string of the molecule is C.C.CC.CC.CC.CC.O=C(O)c1ccccc1C(=O)O.O=C1OC(=O)c2ccccc21. The van der Waals surface area contributed by atoms with E-state index >= 15 is 0 Å². The summed E-state index contributed by atoms with van der Waals surface area (Å²) in [7, 11) is 0. The third-order valence-electron chi connectivity index (χ3n) is 2.94. The maximum Gasteiger partial charge on any atom is 0.346 e. The molecule has 7 heteroatoms. The van der Waals surface area contributed by atoms with E-state index in [9.17, 15) is 19.2 Å². The van der Waals surface area contributed by atoms with Crippen LogP contribution < -0.4 is 0 Å². The van der Waals surface area contributed by atoms with Crippen LogP contribution in [0.1, 0.15) is 112 Å². The molecule has 2 aromatic carbocycles. The minimum absolute atomic E-state index is 0. The first kappa shape index (κ1) is 39.9. The number of carbonyl (C=O) groups excluding carboxylic acids is 2. The molecule has 33 heavy (non-hydrogen) atoms. The second kappa shape index (κ2) is 24.8. The largest absolute Gasteiger partial charge is 0.478 e. The van der Waals surface area contributed by atoms with Crippen molar-refractivity contribution >= 4 is 23.9 Å². The highest BCUT2D eigenvalue weighted by molar-refractivity contribution is 6.14. The molecule has 0 radical (unpaired) electrons. The van der Waals surface area contributed by atoms with Crippen LogP contribution in [0.5, 0.6) is 0 Å². The van der Waals surface area contributed by atoms with Crippen LogP contribution in [0.3, 0.4) is 0 Å². The van der Waals surface area contributed by atoms with Gasteiger partial charge in [-0.05, 0) is 24.3 Å². The molecular weight excluding hydrogens is 424 g/mol. The lowest BCUT2D eigenvalue weighted by Gasteiger charge is -1.98. The highest BCUT2D eigenvalue weighted by Crippen LogP contribution is 2.18. The van der Waals surface area contributed by atoms with E-state index in [0.29, 0.717) is 11.1 Å². The van der Waals surface area contributed by atoms with Crippen molar-refractivity contribution in [3.63, 3.8) is 0 Å². The van der Waals surface area contributed by atoms with Crippen molar-refractivity contribution in [3.05, 3.63) is 70.8 Å². The summed E-state index contributed by atoms with van der Waals surface area (Å²) in [6.45, 7) is 16.0. The summed E-state index contributed by atoms with van der Waals surface area (Å²) in [6, 6.07) is 12.0. The topological polar surface area (TPSA) is 118 Å². The number of benzene rings is 2. The molecule has 7 nitrogen and oxygen atoms in total. The minimum Gasteiger partial charge on any atom is -0.478 e. The molecule has 0 saturated carbocycles. The van der Waals surface area contributed by atoms with Crippen molar-refractivity contribution in [2.45, 2.75) is 70.2 Å². The minimum atomic E-state index is -1.23. The van der Waals surface area contributed by atoms with E-state index < -0.39 is 23.9 Å². The van der Waals surface area contributed by atoms with Crippen molar-refractivity contribution < 1.29 is 34.1 Å². The molecule has 1 aliphatic rings. The van der Waals surface area contributed by atoms with E-state index in [-0.39, 0.29) is 26.0 Å². The standard InChI is InChI=1S/C8H6O4.C8H4O3.4C2H6.2CH4/c9-7(10)5-3-1-2-4-6(5)8(11)12;9-7-5-3-1-2-4-6(5)8(10)11-7;4*1-2;;/h1-4H,(H,9,10)(H,11,12);1-4H;4*1-2H3;2*1H4. The molecule has 1 aliphatic heterocycles. The Balaban J connectivity index is -0.000000116. The lowest BCUT2D eigenvalue weighted by atomic mass is 10.1. The molecule has 0 fully saturated rings. The number of hydrogen-bond acceptors (Lipinski definition) is 5. The van der Waals surface area contributed by atoms with Gasteiger partial charge in [-0.1, -0.05) is 94.5 Å². The molecule has 0 amide bonds. The summed E-state index contributed by atoms with van der Waals surface area (Å²) in [5.74, 6) is -3.56. The van der Waals surface area contributed by atoms with Crippen LogP contribution in [-0.2, 0) is 4.74 Å². The fourth-order valence-electron chi connectivity index (χ4n) is 1.89. The third-order valence-corrected chi connectivity index (χ3v) is 2.94. The van der Waals surface area contributed by atoms with Crippen molar-refractivity contribution in [3.8, 4) is 0 Å². The summed E-state index contributed by atoms with van der Waals surface area (Å²) < 4.78 is 4.35. The van der Waals surface area contributed by atoms with E-state index in [1.165, 1.54) is 24.3 Å². The second-order valence-electron chi connectivity index (χ2n) is 4.38. The van der Waals surface area contributed by atoms with Gasteiger partial charge in [-0.25, -0.2) is 19.2 Å². The van der Waals surface area contributed by atoms with Gasteiger partial charge in [0.15, 0.2) is 0 Å². The number of cyclic esters (lactones) is 2. The molecule has 0 aliphatic carbocycles. The summed E-state index contributed by atoms with van der Waals surface area (Å²) in [6.07, 6.45) is 0. The predicted octanol–water partition coefficient (Wildman–Crippen LogP) is 7.46. The van der Waals surface area contributed by atoms with Crippen LogP contribution in [0.4, 0.5) is 0 Å².